The number of benzene rings is 1. The Bertz CT molecular complexity index is 567. The summed E-state index contributed by atoms with van der Waals surface area (Å²) in [4.78, 5) is 15.9. The van der Waals surface area contributed by atoms with Gasteiger partial charge in [0, 0.05) is 24.5 Å². The maximum atomic E-state index is 11.8. The van der Waals surface area contributed by atoms with E-state index in [1.54, 1.807) is 24.5 Å². The number of amides is 1. The van der Waals surface area contributed by atoms with Crippen LogP contribution in [0, 0.1) is 6.92 Å². The van der Waals surface area contributed by atoms with Crippen molar-refractivity contribution in [3.63, 3.8) is 0 Å². The largest absolute Gasteiger partial charge is 0.508 e. The van der Waals surface area contributed by atoms with E-state index in [1.165, 1.54) is 12.1 Å². The van der Waals surface area contributed by atoms with Crippen molar-refractivity contribution in [1.82, 2.24) is 10.3 Å². The quantitative estimate of drug-likeness (QED) is 0.865. The second-order valence-corrected chi connectivity index (χ2v) is 4.04. The molecule has 0 saturated heterocycles. The van der Waals surface area contributed by atoms with Crippen LogP contribution in [0.2, 0.25) is 0 Å². The van der Waals surface area contributed by atoms with E-state index in [0.29, 0.717) is 12.1 Å². The molecule has 2 N–H and O–H groups in total. The molecule has 0 radical (unpaired) electrons. The molecule has 0 aliphatic heterocycles. The van der Waals surface area contributed by atoms with Gasteiger partial charge in [-0.2, -0.15) is 0 Å². The summed E-state index contributed by atoms with van der Waals surface area (Å²) in [5.41, 5.74) is 2.50. The fourth-order valence-electron chi connectivity index (χ4n) is 1.61. The molecule has 0 unspecified atom stereocenters. The fourth-order valence-corrected chi connectivity index (χ4v) is 1.61. The van der Waals surface area contributed by atoms with Crippen LogP contribution in [0.15, 0.2) is 42.7 Å². The fraction of sp³-hybridized carbons (Fsp3) is 0.143. The summed E-state index contributed by atoms with van der Waals surface area (Å²) in [6.45, 7) is 2.39. The van der Waals surface area contributed by atoms with Gasteiger partial charge in [-0.3, -0.25) is 9.78 Å². The van der Waals surface area contributed by atoms with Crippen molar-refractivity contribution in [2.24, 2.45) is 0 Å². The molecular formula is C14H14N2O2. The van der Waals surface area contributed by atoms with Gasteiger partial charge in [0.15, 0.2) is 0 Å². The molecule has 2 aromatic rings. The third kappa shape index (κ3) is 2.85. The highest BCUT2D eigenvalue weighted by atomic mass is 16.3. The number of phenols is 1. The molecule has 1 heterocycles. The van der Waals surface area contributed by atoms with Gasteiger partial charge in [0.05, 0.1) is 0 Å². The number of carbonyl (C=O) groups excluding carboxylic acids is 1. The molecular weight excluding hydrogens is 228 g/mol. The molecule has 0 bridgehead atoms. The molecule has 0 aliphatic carbocycles. The summed E-state index contributed by atoms with van der Waals surface area (Å²) in [5.74, 6) is -0.130. The number of aryl methyl sites for hydroxylation is 1. The first-order valence-corrected chi connectivity index (χ1v) is 5.63. The lowest BCUT2D eigenvalue weighted by Gasteiger charge is -2.07. The second kappa shape index (κ2) is 5.31. The van der Waals surface area contributed by atoms with Crippen LogP contribution in [0.25, 0.3) is 0 Å². The Hall–Kier alpha value is -2.36. The lowest BCUT2D eigenvalue weighted by Crippen LogP contribution is -2.23. The van der Waals surface area contributed by atoms with Gasteiger partial charge in [0.2, 0.25) is 0 Å². The van der Waals surface area contributed by atoms with Gasteiger partial charge in [0.1, 0.15) is 5.75 Å². The minimum atomic E-state index is -0.214. The number of nitrogens with one attached hydrogen (secondary N) is 1. The minimum Gasteiger partial charge on any atom is -0.508 e. The summed E-state index contributed by atoms with van der Waals surface area (Å²) in [5, 5.41) is 12.1. The normalized spacial score (nSPS) is 10.1. The van der Waals surface area contributed by atoms with Gasteiger partial charge in [-0.05, 0) is 42.3 Å². The van der Waals surface area contributed by atoms with Crippen molar-refractivity contribution in [2.75, 3.05) is 0 Å². The highest BCUT2D eigenvalue weighted by Gasteiger charge is 2.06. The second-order valence-electron chi connectivity index (χ2n) is 4.04. The van der Waals surface area contributed by atoms with Gasteiger partial charge in [-0.25, -0.2) is 0 Å². The number of hydrogen-bond donors (Lipinski definition) is 2. The van der Waals surface area contributed by atoms with Crippen LogP contribution < -0.4 is 5.32 Å². The van der Waals surface area contributed by atoms with Crippen molar-refractivity contribution >= 4 is 5.91 Å². The number of hydrogen-bond acceptors (Lipinski definition) is 3. The summed E-state index contributed by atoms with van der Waals surface area (Å²) < 4.78 is 0. The van der Waals surface area contributed by atoms with E-state index in [0.717, 1.165) is 11.1 Å². The monoisotopic (exact) mass is 242 g/mol. The topological polar surface area (TPSA) is 62.2 Å². The van der Waals surface area contributed by atoms with Crippen LogP contribution in [0.1, 0.15) is 21.5 Å². The van der Waals surface area contributed by atoms with E-state index in [-0.39, 0.29) is 11.7 Å². The Balaban J connectivity index is 2.03. The zero-order valence-electron chi connectivity index (χ0n) is 10.1. The van der Waals surface area contributed by atoms with E-state index in [9.17, 15) is 9.90 Å². The van der Waals surface area contributed by atoms with Crippen LogP contribution in [0.5, 0.6) is 5.75 Å². The number of nitrogens with zero attached hydrogens (tertiary/aromatic N) is 1. The number of pyridine rings is 1. The summed E-state index contributed by atoms with van der Waals surface area (Å²) >= 11 is 0. The molecule has 1 aromatic heterocycles. The number of rotatable bonds is 3. The molecule has 0 spiro atoms. The Labute approximate surface area is 105 Å². The zero-order chi connectivity index (χ0) is 13.0. The van der Waals surface area contributed by atoms with Gasteiger partial charge in [0.25, 0.3) is 5.91 Å². The first-order valence-electron chi connectivity index (χ1n) is 5.63. The third-order valence-corrected chi connectivity index (χ3v) is 2.70. The molecule has 1 aromatic carbocycles. The molecule has 1 amide bonds. The van der Waals surface area contributed by atoms with Crippen LogP contribution in [0.3, 0.4) is 0 Å². The molecule has 18 heavy (non-hydrogen) atoms. The summed E-state index contributed by atoms with van der Waals surface area (Å²) in [7, 11) is 0. The number of aromatic nitrogens is 1. The van der Waals surface area contributed by atoms with Crippen molar-refractivity contribution in [1.29, 1.82) is 0 Å². The number of phenolic OH excluding ortho intramolecular Hbond substituents is 1. The predicted molar refractivity (Wildman–Crippen MR) is 68.3 cm³/mol. The van der Waals surface area contributed by atoms with Crippen molar-refractivity contribution < 1.29 is 9.90 Å². The number of carbonyl (C=O) groups is 1. The molecule has 0 aliphatic rings. The minimum absolute atomic E-state index is 0.0835. The first kappa shape index (κ1) is 12.1. The van der Waals surface area contributed by atoms with Crippen LogP contribution >= 0.6 is 0 Å². The average Bonchev–Trinajstić information content (AvgIpc) is 2.37. The van der Waals surface area contributed by atoms with Gasteiger partial charge < -0.3 is 10.4 Å². The Morgan fingerprint density at radius 2 is 2.22 bits per heavy atom. The van der Waals surface area contributed by atoms with E-state index in [2.05, 4.69) is 10.3 Å². The Morgan fingerprint density at radius 3 is 2.94 bits per heavy atom. The smallest absolute Gasteiger partial charge is 0.251 e. The molecule has 4 nitrogen and oxygen atoms in total. The third-order valence-electron chi connectivity index (χ3n) is 2.70. The number of aromatic hydroxyl groups is 1. The van der Waals surface area contributed by atoms with Crippen LogP contribution in [0.4, 0.5) is 0 Å². The molecule has 2 rings (SSSR count). The lowest BCUT2D eigenvalue weighted by atomic mass is 10.1. The van der Waals surface area contributed by atoms with E-state index >= 15 is 0 Å². The van der Waals surface area contributed by atoms with Gasteiger partial charge in [-0.15, -0.1) is 0 Å². The van der Waals surface area contributed by atoms with Gasteiger partial charge in [-0.1, -0.05) is 6.07 Å². The predicted octanol–water partition coefficient (Wildman–Crippen LogP) is 2.03. The van der Waals surface area contributed by atoms with Crippen molar-refractivity contribution in [2.45, 2.75) is 13.5 Å². The highest BCUT2D eigenvalue weighted by Crippen LogP contribution is 2.11. The molecule has 0 saturated carbocycles. The van der Waals surface area contributed by atoms with E-state index in [1.807, 2.05) is 13.0 Å². The highest BCUT2D eigenvalue weighted by molar-refractivity contribution is 5.94. The van der Waals surface area contributed by atoms with Gasteiger partial charge >= 0.3 is 0 Å². The standard InChI is InChI=1S/C14H14N2O2/c1-10-5-6-15-8-12(10)9-16-14(18)11-3-2-4-13(17)7-11/h2-8,17H,9H2,1H3,(H,16,18). The van der Waals surface area contributed by atoms with E-state index in [4.69, 9.17) is 0 Å². The molecule has 92 valence electrons. The Morgan fingerprint density at radius 1 is 1.39 bits per heavy atom. The zero-order valence-corrected chi connectivity index (χ0v) is 10.1. The Kier molecular flexibility index (Phi) is 3.57. The first-order chi connectivity index (χ1) is 8.66. The molecule has 0 atom stereocenters. The molecule has 4 heteroatoms. The van der Waals surface area contributed by atoms with Crippen LogP contribution in [-0.4, -0.2) is 16.0 Å². The SMILES string of the molecule is Cc1ccncc1CNC(=O)c1cccc(O)c1. The molecule has 0 fully saturated rings. The maximum absolute atomic E-state index is 11.8. The van der Waals surface area contributed by atoms with Crippen molar-refractivity contribution in [3.8, 4) is 5.75 Å². The summed E-state index contributed by atoms with van der Waals surface area (Å²) in [6, 6.07) is 8.16. The average molecular weight is 242 g/mol. The van der Waals surface area contributed by atoms with Crippen molar-refractivity contribution in [3.05, 3.63) is 59.4 Å². The lowest BCUT2D eigenvalue weighted by molar-refractivity contribution is 0.0950. The maximum Gasteiger partial charge on any atom is 0.251 e. The van der Waals surface area contributed by atoms with Crippen LogP contribution in [-0.2, 0) is 6.54 Å². The van der Waals surface area contributed by atoms with E-state index < -0.39 is 0 Å². The summed E-state index contributed by atoms with van der Waals surface area (Å²) in [6.07, 6.45) is 3.45.